The molecule has 2 saturated heterocycles. The number of benzene rings is 1. The van der Waals surface area contributed by atoms with Gasteiger partial charge >= 0.3 is 0 Å². The van der Waals surface area contributed by atoms with Gasteiger partial charge in [-0.3, -0.25) is 9.59 Å². The Morgan fingerprint density at radius 1 is 1.12 bits per heavy atom. The molecule has 0 saturated carbocycles. The molecule has 1 atom stereocenters. The summed E-state index contributed by atoms with van der Waals surface area (Å²) in [7, 11) is 2.06. The molecule has 3 rings (SSSR count). The predicted molar refractivity (Wildman–Crippen MR) is 100.0 cm³/mol. The van der Waals surface area contributed by atoms with E-state index in [-0.39, 0.29) is 17.7 Å². The molecule has 3 N–H and O–H groups in total. The Bertz CT molecular complexity index is 620. The number of piperazine rings is 1. The second kappa shape index (κ2) is 8.62. The van der Waals surface area contributed by atoms with E-state index in [1.807, 2.05) is 4.90 Å². The SMILES string of the molecule is CN1CCN(C(=O)c2ccc(NC(=O)C(N)C3CCOCC3)cc2)CC1. The van der Waals surface area contributed by atoms with Crippen LogP contribution in [0.25, 0.3) is 0 Å². The van der Waals surface area contributed by atoms with Crippen LogP contribution in [0.15, 0.2) is 24.3 Å². The molecule has 0 radical (unpaired) electrons. The molecule has 2 aliphatic heterocycles. The lowest BCUT2D eigenvalue weighted by atomic mass is 9.92. The zero-order chi connectivity index (χ0) is 18.5. The molecule has 142 valence electrons. The number of nitrogens with zero attached hydrogens (tertiary/aromatic N) is 2. The van der Waals surface area contributed by atoms with Gasteiger partial charge in [-0.1, -0.05) is 0 Å². The zero-order valence-electron chi connectivity index (χ0n) is 15.3. The number of nitrogens with one attached hydrogen (secondary N) is 1. The summed E-state index contributed by atoms with van der Waals surface area (Å²) in [6, 6.07) is 6.51. The smallest absolute Gasteiger partial charge is 0.253 e. The molecule has 1 aromatic carbocycles. The first-order valence-corrected chi connectivity index (χ1v) is 9.26. The van der Waals surface area contributed by atoms with Crippen LogP contribution in [0.3, 0.4) is 0 Å². The number of nitrogens with two attached hydrogens (primary N) is 1. The van der Waals surface area contributed by atoms with E-state index in [1.54, 1.807) is 24.3 Å². The van der Waals surface area contributed by atoms with Gasteiger partial charge in [0.15, 0.2) is 0 Å². The summed E-state index contributed by atoms with van der Waals surface area (Å²) in [5.41, 5.74) is 7.39. The number of anilines is 1. The zero-order valence-corrected chi connectivity index (χ0v) is 15.3. The highest BCUT2D eigenvalue weighted by atomic mass is 16.5. The van der Waals surface area contributed by atoms with Gasteiger partial charge in [0.2, 0.25) is 5.91 Å². The van der Waals surface area contributed by atoms with Gasteiger partial charge in [-0.25, -0.2) is 0 Å². The molecule has 1 aromatic rings. The number of hydrogen-bond acceptors (Lipinski definition) is 5. The Hall–Kier alpha value is -1.96. The van der Waals surface area contributed by atoms with Crippen molar-refractivity contribution < 1.29 is 14.3 Å². The lowest BCUT2D eigenvalue weighted by Crippen LogP contribution is -2.47. The van der Waals surface area contributed by atoms with Gasteiger partial charge in [-0.15, -0.1) is 0 Å². The van der Waals surface area contributed by atoms with Crippen molar-refractivity contribution >= 4 is 17.5 Å². The van der Waals surface area contributed by atoms with E-state index in [0.717, 1.165) is 39.0 Å². The molecule has 1 unspecified atom stereocenters. The van der Waals surface area contributed by atoms with Crippen molar-refractivity contribution in [2.24, 2.45) is 11.7 Å². The Labute approximate surface area is 154 Å². The first-order chi connectivity index (χ1) is 12.5. The average molecular weight is 360 g/mol. The number of carbonyl (C=O) groups is 2. The van der Waals surface area contributed by atoms with Crippen LogP contribution in [0.2, 0.25) is 0 Å². The second-order valence-corrected chi connectivity index (χ2v) is 7.14. The third kappa shape index (κ3) is 4.60. The highest BCUT2D eigenvalue weighted by Crippen LogP contribution is 2.19. The molecule has 2 amide bonds. The van der Waals surface area contributed by atoms with Crippen LogP contribution in [0, 0.1) is 5.92 Å². The van der Waals surface area contributed by atoms with E-state index >= 15 is 0 Å². The summed E-state index contributed by atoms with van der Waals surface area (Å²) in [6.45, 7) is 4.60. The minimum atomic E-state index is -0.537. The van der Waals surface area contributed by atoms with Crippen LogP contribution in [0.1, 0.15) is 23.2 Å². The summed E-state index contributed by atoms with van der Waals surface area (Å²) in [6.07, 6.45) is 1.63. The molecule has 0 aromatic heterocycles. The molecule has 2 fully saturated rings. The minimum absolute atomic E-state index is 0.0369. The average Bonchev–Trinajstić information content (AvgIpc) is 2.68. The molecule has 7 nitrogen and oxygen atoms in total. The van der Waals surface area contributed by atoms with E-state index in [2.05, 4.69) is 17.3 Å². The van der Waals surface area contributed by atoms with Crippen LogP contribution in [0.4, 0.5) is 5.69 Å². The quantitative estimate of drug-likeness (QED) is 0.828. The number of amides is 2. The Morgan fingerprint density at radius 3 is 2.35 bits per heavy atom. The van der Waals surface area contributed by atoms with Crippen LogP contribution < -0.4 is 11.1 Å². The van der Waals surface area contributed by atoms with E-state index < -0.39 is 6.04 Å². The number of ether oxygens (including phenoxy) is 1. The molecular weight excluding hydrogens is 332 g/mol. The Morgan fingerprint density at radius 2 is 1.73 bits per heavy atom. The molecule has 2 aliphatic rings. The van der Waals surface area contributed by atoms with Crippen LogP contribution in [-0.4, -0.2) is 74.1 Å². The van der Waals surface area contributed by atoms with Crippen molar-refractivity contribution in [3.05, 3.63) is 29.8 Å². The number of carbonyl (C=O) groups excluding carboxylic acids is 2. The van der Waals surface area contributed by atoms with Crippen molar-refractivity contribution in [3.63, 3.8) is 0 Å². The van der Waals surface area contributed by atoms with Crippen molar-refractivity contribution in [2.75, 3.05) is 51.8 Å². The minimum Gasteiger partial charge on any atom is -0.381 e. The second-order valence-electron chi connectivity index (χ2n) is 7.14. The molecule has 26 heavy (non-hydrogen) atoms. The molecular formula is C19H28N4O3. The Kier molecular flexibility index (Phi) is 6.24. The highest BCUT2D eigenvalue weighted by molar-refractivity contribution is 5.97. The first-order valence-electron chi connectivity index (χ1n) is 9.26. The van der Waals surface area contributed by atoms with Gasteiger partial charge < -0.3 is 25.6 Å². The van der Waals surface area contributed by atoms with Crippen molar-refractivity contribution in [1.82, 2.24) is 9.80 Å². The van der Waals surface area contributed by atoms with Crippen LogP contribution in [0.5, 0.6) is 0 Å². The van der Waals surface area contributed by atoms with E-state index in [9.17, 15) is 9.59 Å². The van der Waals surface area contributed by atoms with Gasteiger partial charge in [0, 0.05) is 50.6 Å². The van der Waals surface area contributed by atoms with Crippen molar-refractivity contribution in [2.45, 2.75) is 18.9 Å². The summed E-state index contributed by atoms with van der Waals surface area (Å²) in [5, 5.41) is 2.85. The highest BCUT2D eigenvalue weighted by Gasteiger charge is 2.26. The first kappa shape index (κ1) is 18.8. The third-order valence-corrected chi connectivity index (χ3v) is 5.27. The van der Waals surface area contributed by atoms with Crippen molar-refractivity contribution in [1.29, 1.82) is 0 Å². The third-order valence-electron chi connectivity index (χ3n) is 5.27. The molecule has 2 heterocycles. The molecule has 0 aliphatic carbocycles. The Balaban J connectivity index is 1.55. The van der Waals surface area contributed by atoms with E-state index in [0.29, 0.717) is 24.5 Å². The van der Waals surface area contributed by atoms with E-state index in [1.165, 1.54) is 0 Å². The maximum absolute atomic E-state index is 12.5. The fourth-order valence-corrected chi connectivity index (χ4v) is 3.40. The number of hydrogen-bond donors (Lipinski definition) is 2. The standard InChI is InChI=1S/C19H28N4O3/c1-22-8-10-23(11-9-22)19(25)15-2-4-16(5-3-15)21-18(24)17(20)14-6-12-26-13-7-14/h2-5,14,17H,6-13,20H2,1H3,(H,21,24). The summed E-state index contributed by atoms with van der Waals surface area (Å²) in [5.74, 6) is 0.00626. The maximum atomic E-state index is 12.5. The van der Waals surface area contributed by atoms with E-state index in [4.69, 9.17) is 10.5 Å². The lowest BCUT2D eigenvalue weighted by Gasteiger charge is -2.32. The number of likely N-dealkylation sites (N-methyl/N-ethyl adjacent to an activating group) is 1. The molecule has 7 heteroatoms. The normalized spacial score (nSPS) is 20.6. The fourth-order valence-electron chi connectivity index (χ4n) is 3.40. The van der Waals surface area contributed by atoms with Crippen LogP contribution >= 0.6 is 0 Å². The van der Waals surface area contributed by atoms with Crippen molar-refractivity contribution in [3.8, 4) is 0 Å². The molecule has 0 spiro atoms. The summed E-state index contributed by atoms with van der Waals surface area (Å²) < 4.78 is 5.31. The predicted octanol–water partition coefficient (Wildman–Crippen LogP) is 0.767. The van der Waals surface area contributed by atoms with Gasteiger partial charge in [0.05, 0.1) is 6.04 Å². The van der Waals surface area contributed by atoms with Crippen LogP contribution in [-0.2, 0) is 9.53 Å². The fraction of sp³-hybridized carbons (Fsp3) is 0.579. The summed E-state index contributed by atoms with van der Waals surface area (Å²) in [4.78, 5) is 29.0. The van der Waals surface area contributed by atoms with Gasteiger partial charge in [-0.05, 0) is 50.1 Å². The van der Waals surface area contributed by atoms with Gasteiger partial charge in [0.1, 0.15) is 0 Å². The molecule has 0 bridgehead atoms. The summed E-state index contributed by atoms with van der Waals surface area (Å²) >= 11 is 0. The van der Waals surface area contributed by atoms with Gasteiger partial charge in [-0.2, -0.15) is 0 Å². The topological polar surface area (TPSA) is 87.9 Å². The van der Waals surface area contributed by atoms with Gasteiger partial charge in [0.25, 0.3) is 5.91 Å². The largest absolute Gasteiger partial charge is 0.381 e. The lowest BCUT2D eigenvalue weighted by molar-refractivity contribution is -0.119. The number of rotatable bonds is 4. The maximum Gasteiger partial charge on any atom is 0.253 e. The monoisotopic (exact) mass is 360 g/mol.